The highest BCUT2D eigenvalue weighted by Crippen LogP contribution is 2.07. The Bertz CT molecular complexity index is 147. The number of hydrogen-bond acceptors (Lipinski definition) is 2. The van der Waals surface area contributed by atoms with Crippen molar-refractivity contribution in [1.29, 1.82) is 0 Å². The smallest absolute Gasteiger partial charge is 0.0167 e. The number of hydrogen-bond donors (Lipinski definition) is 1. The van der Waals surface area contributed by atoms with Gasteiger partial charge in [0.15, 0.2) is 0 Å². The van der Waals surface area contributed by atoms with Crippen LogP contribution >= 0.6 is 0 Å². The quantitative estimate of drug-likeness (QED) is 0.653. The zero-order chi connectivity index (χ0) is 10.9. The van der Waals surface area contributed by atoms with Gasteiger partial charge in [0.1, 0.15) is 0 Å². The molecule has 0 saturated carbocycles. The number of rotatable bonds is 7. The average Bonchev–Trinajstić information content (AvgIpc) is 2.23. The molecule has 0 bridgehead atoms. The maximum Gasteiger partial charge on any atom is 0.0167 e. The third-order valence-electron chi connectivity index (χ3n) is 3.28. The lowest BCUT2D eigenvalue weighted by atomic mass is 10.1. The molecule has 0 aromatic carbocycles. The van der Waals surface area contributed by atoms with E-state index in [1.807, 2.05) is 0 Å². The van der Waals surface area contributed by atoms with Crippen molar-refractivity contribution < 1.29 is 0 Å². The van der Waals surface area contributed by atoms with Gasteiger partial charge in [-0.25, -0.2) is 0 Å². The molecule has 0 aliphatic carbocycles. The summed E-state index contributed by atoms with van der Waals surface area (Å²) >= 11 is 0. The van der Waals surface area contributed by atoms with E-state index in [1.165, 1.54) is 64.7 Å². The maximum atomic E-state index is 3.49. The summed E-state index contributed by atoms with van der Waals surface area (Å²) in [5.41, 5.74) is 0. The summed E-state index contributed by atoms with van der Waals surface area (Å²) in [4.78, 5) is 2.61. The minimum atomic E-state index is 0.693. The lowest BCUT2D eigenvalue weighted by molar-refractivity contribution is 0.203. The van der Waals surface area contributed by atoms with E-state index in [0.29, 0.717) is 6.04 Å². The van der Waals surface area contributed by atoms with Gasteiger partial charge in [-0.15, -0.1) is 0 Å². The molecule has 90 valence electrons. The van der Waals surface area contributed by atoms with E-state index in [2.05, 4.69) is 24.1 Å². The van der Waals surface area contributed by atoms with Crippen molar-refractivity contribution in [2.45, 2.75) is 58.4 Å². The van der Waals surface area contributed by atoms with E-state index in [-0.39, 0.29) is 0 Å². The standard InChI is InChI=1S/C13H28N2/c1-3-4-5-6-7-8-10-15-11-9-14-13(2)12-15/h13-14H,3-12H2,1-2H3. The number of nitrogens with one attached hydrogen (secondary N) is 1. The van der Waals surface area contributed by atoms with Crippen LogP contribution in [-0.4, -0.2) is 37.1 Å². The van der Waals surface area contributed by atoms with Crippen LogP contribution in [0.3, 0.4) is 0 Å². The second-order valence-electron chi connectivity index (χ2n) is 4.92. The lowest BCUT2D eigenvalue weighted by Crippen LogP contribution is -2.49. The van der Waals surface area contributed by atoms with E-state index in [1.54, 1.807) is 0 Å². The highest BCUT2D eigenvalue weighted by atomic mass is 15.2. The molecule has 1 rings (SSSR count). The van der Waals surface area contributed by atoms with Gasteiger partial charge in [0.25, 0.3) is 0 Å². The monoisotopic (exact) mass is 212 g/mol. The zero-order valence-electron chi connectivity index (χ0n) is 10.6. The van der Waals surface area contributed by atoms with Crippen LogP contribution < -0.4 is 5.32 Å². The summed E-state index contributed by atoms with van der Waals surface area (Å²) in [7, 11) is 0. The van der Waals surface area contributed by atoms with Crippen LogP contribution in [0.5, 0.6) is 0 Å². The Morgan fingerprint density at radius 3 is 2.60 bits per heavy atom. The lowest BCUT2D eigenvalue weighted by Gasteiger charge is -2.31. The van der Waals surface area contributed by atoms with E-state index in [4.69, 9.17) is 0 Å². The highest BCUT2D eigenvalue weighted by molar-refractivity contribution is 4.74. The number of piperazine rings is 1. The van der Waals surface area contributed by atoms with E-state index < -0.39 is 0 Å². The Morgan fingerprint density at radius 1 is 1.13 bits per heavy atom. The van der Waals surface area contributed by atoms with Crippen molar-refractivity contribution in [3.8, 4) is 0 Å². The van der Waals surface area contributed by atoms with Crippen molar-refractivity contribution in [1.82, 2.24) is 10.2 Å². The Labute approximate surface area is 95.4 Å². The molecule has 1 aliphatic heterocycles. The molecule has 1 fully saturated rings. The summed E-state index contributed by atoms with van der Waals surface area (Å²) in [5, 5.41) is 3.49. The van der Waals surface area contributed by atoms with Crippen molar-refractivity contribution in [2.75, 3.05) is 26.2 Å². The second-order valence-corrected chi connectivity index (χ2v) is 4.92. The number of unbranched alkanes of at least 4 members (excludes halogenated alkanes) is 5. The van der Waals surface area contributed by atoms with Gasteiger partial charge in [-0.1, -0.05) is 39.0 Å². The van der Waals surface area contributed by atoms with Crippen LogP contribution in [0.15, 0.2) is 0 Å². The maximum absolute atomic E-state index is 3.49. The molecule has 1 atom stereocenters. The normalized spacial score (nSPS) is 23.2. The molecule has 0 aromatic rings. The Kier molecular flexibility index (Phi) is 7.03. The highest BCUT2D eigenvalue weighted by Gasteiger charge is 2.14. The topological polar surface area (TPSA) is 15.3 Å². The van der Waals surface area contributed by atoms with Gasteiger partial charge in [-0.05, 0) is 19.9 Å². The van der Waals surface area contributed by atoms with Gasteiger partial charge in [0.2, 0.25) is 0 Å². The second kappa shape index (κ2) is 8.12. The summed E-state index contributed by atoms with van der Waals surface area (Å²) in [6.07, 6.45) is 8.48. The van der Waals surface area contributed by atoms with Crippen LogP contribution in [0.1, 0.15) is 52.4 Å². The molecule has 15 heavy (non-hydrogen) atoms. The largest absolute Gasteiger partial charge is 0.312 e. The Balaban J connectivity index is 1.90. The molecule has 1 heterocycles. The molecule has 0 spiro atoms. The first kappa shape index (κ1) is 13.0. The van der Waals surface area contributed by atoms with Gasteiger partial charge >= 0.3 is 0 Å². The van der Waals surface area contributed by atoms with Crippen molar-refractivity contribution in [2.24, 2.45) is 0 Å². The molecule has 0 aromatic heterocycles. The van der Waals surface area contributed by atoms with E-state index in [0.717, 1.165) is 0 Å². The summed E-state index contributed by atoms with van der Waals surface area (Å²) in [6.45, 7) is 9.55. The summed E-state index contributed by atoms with van der Waals surface area (Å²) in [6, 6.07) is 0.693. The summed E-state index contributed by atoms with van der Waals surface area (Å²) in [5.74, 6) is 0. The van der Waals surface area contributed by atoms with Crippen molar-refractivity contribution in [3.63, 3.8) is 0 Å². The first-order valence-electron chi connectivity index (χ1n) is 6.78. The Morgan fingerprint density at radius 2 is 1.87 bits per heavy atom. The summed E-state index contributed by atoms with van der Waals surface area (Å²) < 4.78 is 0. The molecule has 2 nitrogen and oxygen atoms in total. The molecule has 1 aliphatic rings. The molecule has 2 heteroatoms. The van der Waals surface area contributed by atoms with Gasteiger partial charge < -0.3 is 10.2 Å². The predicted molar refractivity (Wildman–Crippen MR) is 67.3 cm³/mol. The average molecular weight is 212 g/mol. The van der Waals surface area contributed by atoms with Gasteiger partial charge in [0, 0.05) is 25.7 Å². The fourth-order valence-corrected chi connectivity index (χ4v) is 2.33. The fourth-order valence-electron chi connectivity index (χ4n) is 2.33. The van der Waals surface area contributed by atoms with Gasteiger partial charge in [0.05, 0.1) is 0 Å². The van der Waals surface area contributed by atoms with Gasteiger partial charge in [-0.3, -0.25) is 0 Å². The third-order valence-corrected chi connectivity index (χ3v) is 3.28. The van der Waals surface area contributed by atoms with Crippen LogP contribution in [0, 0.1) is 0 Å². The van der Waals surface area contributed by atoms with Crippen LogP contribution in [0.2, 0.25) is 0 Å². The molecule has 0 radical (unpaired) electrons. The molecule has 1 N–H and O–H groups in total. The van der Waals surface area contributed by atoms with Crippen LogP contribution in [0.25, 0.3) is 0 Å². The Hall–Kier alpha value is -0.0800. The third kappa shape index (κ3) is 6.16. The fraction of sp³-hybridized carbons (Fsp3) is 1.00. The van der Waals surface area contributed by atoms with Crippen molar-refractivity contribution in [3.05, 3.63) is 0 Å². The van der Waals surface area contributed by atoms with E-state index in [9.17, 15) is 0 Å². The molecule has 1 saturated heterocycles. The zero-order valence-corrected chi connectivity index (χ0v) is 10.6. The first-order chi connectivity index (χ1) is 7.33. The van der Waals surface area contributed by atoms with E-state index >= 15 is 0 Å². The SMILES string of the molecule is CCCCCCCCN1CCNC(C)C1. The predicted octanol–water partition coefficient (Wildman–Crippen LogP) is 2.64. The minimum absolute atomic E-state index is 0.693. The van der Waals surface area contributed by atoms with Crippen LogP contribution in [0.4, 0.5) is 0 Å². The molecule has 0 amide bonds. The van der Waals surface area contributed by atoms with Crippen LogP contribution in [-0.2, 0) is 0 Å². The minimum Gasteiger partial charge on any atom is -0.312 e. The van der Waals surface area contributed by atoms with Gasteiger partial charge in [-0.2, -0.15) is 0 Å². The van der Waals surface area contributed by atoms with Crippen molar-refractivity contribution >= 4 is 0 Å². The first-order valence-corrected chi connectivity index (χ1v) is 6.78. The molecule has 1 unspecified atom stereocenters. The molecular formula is C13H28N2. The molecular weight excluding hydrogens is 184 g/mol. The number of nitrogens with zero attached hydrogens (tertiary/aromatic N) is 1.